The zero-order chi connectivity index (χ0) is 15.3. The molecule has 0 saturated heterocycles. The molecular weight excluding hydrogens is 348 g/mol. The summed E-state index contributed by atoms with van der Waals surface area (Å²) in [6.07, 6.45) is 1.82. The van der Waals surface area contributed by atoms with Gasteiger partial charge in [-0.2, -0.15) is 15.2 Å². The van der Waals surface area contributed by atoms with Crippen LogP contribution in [0.2, 0.25) is 0 Å². The van der Waals surface area contributed by atoms with Crippen molar-refractivity contribution < 1.29 is 4.52 Å². The number of hydrogen-bond donors (Lipinski definition) is 1. The van der Waals surface area contributed by atoms with Gasteiger partial charge in [-0.05, 0) is 28.9 Å². The third-order valence-electron chi connectivity index (χ3n) is 3.51. The molecule has 110 valence electrons. The molecule has 4 rings (SSSR count). The van der Waals surface area contributed by atoms with Crippen molar-refractivity contribution in [2.24, 2.45) is 7.05 Å². The number of rotatable bonds is 2. The summed E-state index contributed by atoms with van der Waals surface area (Å²) in [5.41, 5.74) is 3.40. The first-order valence-corrected chi connectivity index (χ1v) is 7.39. The number of nitrogens with zero attached hydrogens (tertiary/aromatic N) is 5. The highest BCUT2D eigenvalue weighted by Crippen LogP contribution is 2.29. The van der Waals surface area contributed by atoms with Gasteiger partial charge in [0.2, 0.25) is 5.82 Å². The van der Waals surface area contributed by atoms with E-state index in [2.05, 4.69) is 41.4 Å². The monoisotopic (exact) mass is 358 g/mol. The van der Waals surface area contributed by atoms with Gasteiger partial charge in [0, 0.05) is 23.7 Å². The van der Waals surface area contributed by atoms with Gasteiger partial charge in [0.1, 0.15) is 0 Å². The summed E-state index contributed by atoms with van der Waals surface area (Å²) in [6, 6.07) is 5.92. The normalized spacial score (nSPS) is 11.4. The lowest BCUT2D eigenvalue weighted by atomic mass is 10.1. The second-order valence-electron chi connectivity index (χ2n) is 4.98. The van der Waals surface area contributed by atoms with Gasteiger partial charge in [-0.3, -0.25) is 9.78 Å². The van der Waals surface area contributed by atoms with Crippen molar-refractivity contribution >= 4 is 26.8 Å². The first-order chi connectivity index (χ1) is 10.6. The predicted molar refractivity (Wildman–Crippen MR) is 84.0 cm³/mol. The van der Waals surface area contributed by atoms with Gasteiger partial charge >= 0.3 is 0 Å². The summed E-state index contributed by atoms with van der Waals surface area (Å²) >= 11 is 3.46. The van der Waals surface area contributed by atoms with Crippen LogP contribution < -0.4 is 0 Å². The molecule has 0 aliphatic rings. The van der Waals surface area contributed by atoms with Gasteiger partial charge in [-0.25, -0.2) is 0 Å². The lowest BCUT2D eigenvalue weighted by Crippen LogP contribution is -1.89. The van der Waals surface area contributed by atoms with E-state index in [4.69, 9.17) is 4.52 Å². The maximum atomic E-state index is 5.33. The summed E-state index contributed by atoms with van der Waals surface area (Å²) < 4.78 is 7.96. The van der Waals surface area contributed by atoms with E-state index in [1.807, 2.05) is 43.0 Å². The molecule has 0 aliphatic carbocycles. The van der Waals surface area contributed by atoms with E-state index in [0.717, 1.165) is 26.6 Å². The number of hydrogen-bond acceptors (Lipinski definition) is 5. The summed E-state index contributed by atoms with van der Waals surface area (Å²) in [4.78, 5) is 4.43. The Labute approximate surface area is 133 Å². The second-order valence-corrected chi connectivity index (χ2v) is 5.77. The molecule has 0 radical (unpaired) electrons. The van der Waals surface area contributed by atoms with Crippen LogP contribution >= 0.6 is 15.9 Å². The van der Waals surface area contributed by atoms with E-state index >= 15 is 0 Å². The summed E-state index contributed by atoms with van der Waals surface area (Å²) in [7, 11) is 1.90. The fraction of sp³-hybridized carbons (Fsp3) is 0.143. The molecule has 3 heterocycles. The van der Waals surface area contributed by atoms with Gasteiger partial charge in [0.05, 0.1) is 16.2 Å². The highest BCUT2D eigenvalue weighted by atomic mass is 79.9. The van der Waals surface area contributed by atoms with E-state index in [9.17, 15) is 0 Å². The number of aryl methyl sites for hydroxylation is 2. The zero-order valence-corrected chi connectivity index (χ0v) is 13.4. The molecule has 0 saturated carbocycles. The quantitative estimate of drug-likeness (QED) is 0.595. The molecule has 0 bridgehead atoms. The number of benzene rings is 1. The van der Waals surface area contributed by atoms with Crippen molar-refractivity contribution in [2.75, 3.05) is 0 Å². The highest BCUT2D eigenvalue weighted by Gasteiger charge is 2.17. The minimum absolute atomic E-state index is 0.372. The molecule has 0 amide bonds. The Kier molecular flexibility index (Phi) is 2.86. The molecule has 1 N–H and O–H groups in total. The molecule has 7 nitrogen and oxygen atoms in total. The smallest absolute Gasteiger partial charge is 0.279 e. The fourth-order valence-corrected chi connectivity index (χ4v) is 2.62. The second kappa shape index (κ2) is 4.77. The molecule has 0 spiro atoms. The number of H-pyrrole nitrogens is 1. The lowest BCUT2D eigenvalue weighted by Gasteiger charge is -1.97. The van der Waals surface area contributed by atoms with Crippen LogP contribution in [0.5, 0.6) is 0 Å². The number of fused-ring (bicyclic) bond motifs is 1. The summed E-state index contributed by atoms with van der Waals surface area (Å²) in [5.74, 6) is 0.891. The fourth-order valence-electron chi connectivity index (χ4n) is 2.28. The maximum Gasteiger partial charge on any atom is 0.279 e. The first-order valence-electron chi connectivity index (χ1n) is 6.60. The van der Waals surface area contributed by atoms with E-state index in [1.165, 1.54) is 0 Å². The Bertz CT molecular complexity index is 982. The minimum Gasteiger partial charge on any atom is -0.332 e. The van der Waals surface area contributed by atoms with E-state index in [1.54, 1.807) is 0 Å². The van der Waals surface area contributed by atoms with Crippen LogP contribution in [0.1, 0.15) is 5.69 Å². The largest absolute Gasteiger partial charge is 0.332 e. The van der Waals surface area contributed by atoms with Crippen LogP contribution in [0.15, 0.2) is 33.4 Å². The molecule has 22 heavy (non-hydrogen) atoms. The minimum atomic E-state index is 0.372. The van der Waals surface area contributed by atoms with Gasteiger partial charge in [-0.1, -0.05) is 17.3 Å². The van der Waals surface area contributed by atoms with Crippen molar-refractivity contribution in [2.45, 2.75) is 6.92 Å². The van der Waals surface area contributed by atoms with Crippen molar-refractivity contribution in [3.8, 4) is 23.0 Å². The Morgan fingerprint density at radius 3 is 2.95 bits per heavy atom. The van der Waals surface area contributed by atoms with Crippen LogP contribution in [-0.2, 0) is 7.05 Å². The molecular formula is C14H11BrN6O. The standard InChI is InChI=1S/C14H11BrN6O/c1-7-11(15)12(19-18-7)14-17-13(20-22-14)8-3-4-9-6-16-21(2)10(9)5-8/h3-6H,1-2H3,(H,18,19). The van der Waals surface area contributed by atoms with E-state index in [0.29, 0.717) is 17.4 Å². The molecule has 8 heteroatoms. The Balaban J connectivity index is 1.79. The third kappa shape index (κ3) is 1.95. The van der Waals surface area contributed by atoms with Gasteiger partial charge in [0.25, 0.3) is 5.89 Å². The van der Waals surface area contributed by atoms with Crippen LogP contribution in [0.4, 0.5) is 0 Å². The molecule has 0 unspecified atom stereocenters. The molecule has 3 aromatic heterocycles. The number of aromatic amines is 1. The summed E-state index contributed by atoms with van der Waals surface area (Å²) in [6.45, 7) is 1.91. The first kappa shape index (κ1) is 13.2. The average Bonchev–Trinajstić information content (AvgIpc) is 3.21. The Morgan fingerprint density at radius 1 is 1.32 bits per heavy atom. The molecule has 0 aliphatic heterocycles. The SMILES string of the molecule is Cc1[nH]nc(-c2nc(-c3ccc4cnn(C)c4c3)no2)c1Br. The lowest BCUT2D eigenvalue weighted by molar-refractivity contribution is 0.430. The van der Waals surface area contributed by atoms with Gasteiger partial charge < -0.3 is 4.52 Å². The molecule has 0 atom stereocenters. The van der Waals surface area contributed by atoms with E-state index in [-0.39, 0.29) is 0 Å². The highest BCUT2D eigenvalue weighted by molar-refractivity contribution is 9.10. The van der Waals surface area contributed by atoms with Gasteiger partial charge in [0.15, 0.2) is 5.69 Å². The number of aromatic nitrogens is 6. The van der Waals surface area contributed by atoms with Crippen molar-refractivity contribution in [1.82, 2.24) is 30.1 Å². The van der Waals surface area contributed by atoms with Crippen molar-refractivity contribution in [3.63, 3.8) is 0 Å². The maximum absolute atomic E-state index is 5.33. The van der Waals surface area contributed by atoms with Crippen LogP contribution in [-0.4, -0.2) is 30.1 Å². The number of halogens is 1. The molecule has 0 fully saturated rings. The summed E-state index contributed by atoms with van der Waals surface area (Å²) in [5, 5.41) is 16.4. The van der Waals surface area contributed by atoms with Crippen LogP contribution in [0, 0.1) is 6.92 Å². The topological polar surface area (TPSA) is 85.4 Å². The van der Waals surface area contributed by atoms with Crippen molar-refractivity contribution in [1.29, 1.82) is 0 Å². The molecule has 1 aromatic carbocycles. The van der Waals surface area contributed by atoms with E-state index < -0.39 is 0 Å². The Morgan fingerprint density at radius 2 is 2.18 bits per heavy atom. The zero-order valence-electron chi connectivity index (χ0n) is 11.8. The van der Waals surface area contributed by atoms with Crippen LogP contribution in [0.25, 0.3) is 33.9 Å². The third-order valence-corrected chi connectivity index (χ3v) is 4.48. The predicted octanol–water partition coefficient (Wildman–Crippen LogP) is 3.08. The molecule has 4 aromatic rings. The average molecular weight is 359 g/mol. The Hall–Kier alpha value is -2.48. The van der Waals surface area contributed by atoms with Crippen LogP contribution in [0.3, 0.4) is 0 Å². The van der Waals surface area contributed by atoms with Gasteiger partial charge in [-0.15, -0.1) is 0 Å². The number of nitrogens with one attached hydrogen (secondary N) is 1. The van der Waals surface area contributed by atoms with Crippen molar-refractivity contribution in [3.05, 3.63) is 34.6 Å².